The lowest BCUT2D eigenvalue weighted by Gasteiger charge is -2.18. The van der Waals surface area contributed by atoms with Gasteiger partial charge < -0.3 is 10.6 Å². The third-order valence-corrected chi connectivity index (χ3v) is 6.53. The van der Waals surface area contributed by atoms with Crippen LogP contribution >= 0.6 is 0 Å². The van der Waals surface area contributed by atoms with Gasteiger partial charge in [0.15, 0.2) is 0 Å². The van der Waals surface area contributed by atoms with Gasteiger partial charge in [-0.15, -0.1) is 0 Å². The molecule has 8 heteroatoms. The van der Waals surface area contributed by atoms with E-state index in [1.54, 1.807) is 38.1 Å². The number of amides is 2. The van der Waals surface area contributed by atoms with E-state index in [1.165, 1.54) is 4.31 Å². The Morgan fingerprint density at radius 2 is 1.41 bits per heavy atom. The average Bonchev–Trinajstić information content (AvgIpc) is 2.73. The van der Waals surface area contributed by atoms with Crippen molar-refractivity contribution in [2.24, 2.45) is 0 Å². The fourth-order valence-electron chi connectivity index (χ4n) is 2.80. The predicted molar refractivity (Wildman–Crippen MR) is 112 cm³/mol. The Labute approximate surface area is 172 Å². The van der Waals surface area contributed by atoms with Crippen LogP contribution in [0.4, 0.5) is 0 Å². The van der Waals surface area contributed by atoms with E-state index >= 15 is 0 Å². The van der Waals surface area contributed by atoms with Crippen molar-refractivity contribution >= 4 is 21.8 Å². The lowest BCUT2D eigenvalue weighted by Crippen LogP contribution is -2.40. The molecule has 0 saturated carbocycles. The van der Waals surface area contributed by atoms with Crippen molar-refractivity contribution in [3.63, 3.8) is 0 Å². The van der Waals surface area contributed by atoms with Gasteiger partial charge in [-0.1, -0.05) is 56.3 Å². The van der Waals surface area contributed by atoms with Gasteiger partial charge in [0.25, 0.3) is 0 Å². The Morgan fingerprint density at radius 3 is 2.00 bits per heavy atom. The van der Waals surface area contributed by atoms with E-state index in [-0.39, 0.29) is 18.0 Å². The van der Waals surface area contributed by atoms with E-state index in [9.17, 15) is 18.0 Å². The number of rotatable bonds is 9. The maximum Gasteiger partial charge on any atom is 0.309 e. The molecule has 0 unspecified atom stereocenters. The molecule has 2 N–H and O–H groups in total. The van der Waals surface area contributed by atoms with Crippen LogP contribution in [0.25, 0.3) is 0 Å². The van der Waals surface area contributed by atoms with E-state index in [1.807, 2.05) is 30.3 Å². The topological polar surface area (TPSA) is 95.6 Å². The van der Waals surface area contributed by atoms with Crippen molar-refractivity contribution in [1.82, 2.24) is 14.9 Å². The van der Waals surface area contributed by atoms with E-state index < -0.39 is 21.8 Å². The number of sulfonamides is 1. The van der Waals surface area contributed by atoms with Crippen LogP contribution in [0.15, 0.2) is 59.5 Å². The molecular formula is C21H27N3O4S. The minimum absolute atomic E-state index is 0.245. The van der Waals surface area contributed by atoms with Crippen LogP contribution in [-0.2, 0) is 32.6 Å². The van der Waals surface area contributed by atoms with Crippen molar-refractivity contribution in [1.29, 1.82) is 0 Å². The van der Waals surface area contributed by atoms with Crippen molar-refractivity contribution < 1.29 is 18.0 Å². The Hall–Kier alpha value is -2.71. The van der Waals surface area contributed by atoms with Crippen molar-refractivity contribution in [2.75, 3.05) is 19.6 Å². The molecule has 0 saturated heterocycles. The van der Waals surface area contributed by atoms with Gasteiger partial charge >= 0.3 is 11.8 Å². The highest BCUT2D eigenvalue weighted by Gasteiger charge is 2.21. The largest absolute Gasteiger partial charge is 0.348 e. The third kappa shape index (κ3) is 6.40. The molecule has 2 aromatic carbocycles. The summed E-state index contributed by atoms with van der Waals surface area (Å²) in [5.41, 5.74) is 1.78. The number of hydrogen-bond acceptors (Lipinski definition) is 4. The Bertz CT molecular complexity index is 909. The molecule has 0 atom stereocenters. The van der Waals surface area contributed by atoms with Crippen LogP contribution in [0, 0.1) is 0 Å². The fourth-order valence-corrected chi connectivity index (χ4v) is 4.26. The summed E-state index contributed by atoms with van der Waals surface area (Å²) in [4.78, 5) is 24.0. The van der Waals surface area contributed by atoms with Crippen molar-refractivity contribution in [3.05, 3.63) is 65.7 Å². The molecule has 2 aromatic rings. The Morgan fingerprint density at radius 1 is 0.828 bits per heavy atom. The summed E-state index contributed by atoms with van der Waals surface area (Å²) < 4.78 is 26.3. The maximum atomic E-state index is 12.5. The summed E-state index contributed by atoms with van der Waals surface area (Å²) in [5, 5.41) is 5.14. The average molecular weight is 418 g/mol. The second-order valence-corrected chi connectivity index (χ2v) is 8.35. The van der Waals surface area contributed by atoms with Crippen LogP contribution in [-0.4, -0.2) is 44.2 Å². The second kappa shape index (κ2) is 10.7. The number of benzene rings is 2. The smallest absolute Gasteiger partial charge is 0.309 e. The first-order chi connectivity index (χ1) is 13.9. The summed E-state index contributed by atoms with van der Waals surface area (Å²) in [6.45, 7) is 5.00. The molecule has 0 aromatic heterocycles. The summed E-state index contributed by atoms with van der Waals surface area (Å²) in [6.07, 6.45) is 0.489. The Kier molecular flexibility index (Phi) is 8.35. The molecule has 2 amide bonds. The lowest BCUT2D eigenvalue weighted by atomic mass is 10.1. The zero-order chi connectivity index (χ0) is 21.3. The highest BCUT2D eigenvalue weighted by atomic mass is 32.2. The summed E-state index contributed by atoms with van der Waals surface area (Å²) in [7, 11) is -3.48. The summed E-state index contributed by atoms with van der Waals surface area (Å²) >= 11 is 0. The van der Waals surface area contributed by atoms with Crippen LogP contribution < -0.4 is 10.6 Å². The highest BCUT2D eigenvalue weighted by Crippen LogP contribution is 2.16. The van der Waals surface area contributed by atoms with Gasteiger partial charge in [0.05, 0.1) is 4.90 Å². The van der Waals surface area contributed by atoms with Crippen LogP contribution in [0.3, 0.4) is 0 Å². The molecule has 29 heavy (non-hydrogen) atoms. The number of nitrogens with one attached hydrogen (secondary N) is 2. The van der Waals surface area contributed by atoms with E-state index in [0.29, 0.717) is 19.5 Å². The number of nitrogens with zero attached hydrogens (tertiary/aromatic N) is 1. The molecule has 0 aliphatic carbocycles. The number of carbonyl (C=O) groups is 2. The SMILES string of the molecule is CCN(CC)S(=O)(=O)c1ccc(CCNC(=O)C(=O)NCc2ccccc2)cc1. The molecule has 0 spiro atoms. The minimum atomic E-state index is -3.48. The normalized spacial score (nSPS) is 11.3. The van der Waals surface area contributed by atoms with Gasteiger partial charge in [0.2, 0.25) is 10.0 Å². The molecule has 2 rings (SSSR count). The van der Waals surface area contributed by atoms with E-state index in [0.717, 1.165) is 11.1 Å². The van der Waals surface area contributed by atoms with Crippen molar-refractivity contribution in [2.45, 2.75) is 31.7 Å². The number of hydrogen-bond donors (Lipinski definition) is 2. The summed E-state index contributed by atoms with van der Waals surface area (Å²) in [5.74, 6) is -1.38. The zero-order valence-electron chi connectivity index (χ0n) is 16.7. The first-order valence-electron chi connectivity index (χ1n) is 9.57. The minimum Gasteiger partial charge on any atom is -0.348 e. The highest BCUT2D eigenvalue weighted by molar-refractivity contribution is 7.89. The second-order valence-electron chi connectivity index (χ2n) is 6.41. The van der Waals surface area contributed by atoms with E-state index in [2.05, 4.69) is 10.6 Å². The van der Waals surface area contributed by atoms with E-state index in [4.69, 9.17) is 0 Å². The molecule has 0 bridgehead atoms. The van der Waals surface area contributed by atoms with Gasteiger partial charge in [-0.3, -0.25) is 9.59 Å². The van der Waals surface area contributed by atoms with Crippen LogP contribution in [0.5, 0.6) is 0 Å². The lowest BCUT2D eigenvalue weighted by molar-refractivity contribution is -0.139. The van der Waals surface area contributed by atoms with Gasteiger partial charge in [0.1, 0.15) is 0 Å². The maximum absolute atomic E-state index is 12.5. The molecular weight excluding hydrogens is 390 g/mol. The fraction of sp³-hybridized carbons (Fsp3) is 0.333. The van der Waals surface area contributed by atoms with Crippen molar-refractivity contribution in [3.8, 4) is 0 Å². The molecule has 0 aliphatic heterocycles. The number of carbonyl (C=O) groups excluding carboxylic acids is 2. The molecule has 7 nitrogen and oxygen atoms in total. The first-order valence-corrected chi connectivity index (χ1v) is 11.0. The Balaban J connectivity index is 1.81. The summed E-state index contributed by atoms with van der Waals surface area (Å²) in [6, 6.07) is 15.9. The van der Waals surface area contributed by atoms with Crippen LogP contribution in [0.2, 0.25) is 0 Å². The predicted octanol–water partition coefficient (Wildman–Crippen LogP) is 1.69. The van der Waals surface area contributed by atoms with Gasteiger partial charge in [0, 0.05) is 26.2 Å². The standard InChI is InChI=1S/C21H27N3O4S/c1-3-24(4-2)29(27,28)19-12-10-17(11-13-19)14-15-22-20(25)21(26)23-16-18-8-6-5-7-9-18/h5-13H,3-4,14-16H2,1-2H3,(H,22,25)(H,23,26). The van der Waals surface area contributed by atoms with Gasteiger partial charge in [-0.25, -0.2) is 8.42 Å². The molecule has 156 valence electrons. The molecule has 0 aliphatic rings. The molecule has 0 radical (unpaired) electrons. The van der Waals surface area contributed by atoms with Gasteiger partial charge in [-0.05, 0) is 29.7 Å². The quantitative estimate of drug-likeness (QED) is 0.607. The third-order valence-electron chi connectivity index (χ3n) is 4.47. The first kappa shape index (κ1) is 22.6. The zero-order valence-corrected chi connectivity index (χ0v) is 17.5. The molecule has 0 fully saturated rings. The monoisotopic (exact) mass is 417 g/mol. The molecule has 0 heterocycles. The van der Waals surface area contributed by atoms with Gasteiger partial charge in [-0.2, -0.15) is 4.31 Å². The van der Waals surface area contributed by atoms with Crippen LogP contribution in [0.1, 0.15) is 25.0 Å².